The van der Waals surface area contributed by atoms with Crippen LogP contribution in [0.2, 0.25) is 0 Å². The molecule has 6 heteroatoms. The van der Waals surface area contributed by atoms with Crippen molar-refractivity contribution < 1.29 is 13.2 Å². The van der Waals surface area contributed by atoms with E-state index in [1.54, 1.807) is 20.8 Å². The molecule has 0 bridgehead atoms. The van der Waals surface area contributed by atoms with Crippen molar-refractivity contribution >= 4 is 15.7 Å². The fourth-order valence-corrected chi connectivity index (χ4v) is 2.35. The third-order valence-corrected chi connectivity index (χ3v) is 5.13. The third kappa shape index (κ3) is 8.21. The van der Waals surface area contributed by atoms with Gasteiger partial charge in [-0.2, -0.15) is 0 Å². The molecule has 0 aliphatic carbocycles. The first kappa shape index (κ1) is 18.4. The average Bonchev–Trinajstić information content (AvgIpc) is 2.11. The monoisotopic (exact) mass is 292 g/mol. The van der Waals surface area contributed by atoms with Crippen molar-refractivity contribution in [1.29, 1.82) is 0 Å². The van der Waals surface area contributed by atoms with Gasteiger partial charge in [0.2, 0.25) is 5.91 Å². The molecule has 0 radical (unpaired) electrons. The van der Waals surface area contributed by atoms with Crippen LogP contribution in [0, 0.1) is 0 Å². The van der Waals surface area contributed by atoms with Gasteiger partial charge in [0.05, 0.1) is 10.5 Å². The largest absolute Gasteiger partial charge is 0.351 e. The Morgan fingerprint density at radius 1 is 1.00 bits per heavy atom. The summed E-state index contributed by atoms with van der Waals surface area (Å²) in [6, 6.07) is 0. The summed E-state index contributed by atoms with van der Waals surface area (Å²) in [5.41, 5.74) is -0.230. The Labute approximate surface area is 117 Å². The molecular weight excluding hydrogens is 264 g/mol. The molecule has 19 heavy (non-hydrogen) atoms. The molecule has 0 aliphatic heterocycles. The average molecular weight is 292 g/mol. The Bertz CT molecular complexity index is 389. The van der Waals surface area contributed by atoms with Gasteiger partial charge in [-0.15, -0.1) is 0 Å². The first-order valence-electron chi connectivity index (χ1n) is 6.59. The molecule has 0 atom stereocenters. The highest BCUT2D eigenvalue weighted by Gasteiger charge is 2.27. The Hall–Kier alpha value is -0.620. The Balaban J connectivity index is 3.87. The maximum absolute atomic E-state index is 11.8. The van der Waals surface area contributed by atoms with Crippen molar-refractivity contribution in [2.75, 3.05) is 18.8 Å². The fourth-order valence-electron chi connectivity index (χ4n) is 1.32. The first-order chi connectivity index (χ1) is 8.35. The van der Waals surface area contributed by atoms with Crippen LogP contribution in [0.3, 0.4) is 0 Å². The molecule has 114 valence electrons. The second-order valence-electron chi connectivity index (χ2n) is 6.73. The van der Waals surface area contributed by atoms with Crippen LogP contribution >= 0.6 is 0 Å². The quantitative estimate of drug-likeness (QED) is 0.719. The van der Waals surface area contributed by atoms with Crippen molar-refractivity contribution in [3.05, 3.63) is 0 Å². The molecule has 5 nitrogen and oxygen atoms in total. The Kier molecular flexibility index (Phi) is 6.48. The maximum atomic E-state index is 11.8. The van der Waals surface area contributed by atoms with Gasteiger partial charge in [0, 0.05) is 25.0 Å². The van der Waals surface area contributed by atoms with Gasteiger partial charge in [-0.05, 0) is 41.5 Å². The van der Waals surface area contributed by atoms with Gasteiger partial charge < -0.3 is 10.6 Å². The zero-order valence-corrected chi connectivity index (χ0v) is 13.8. The molecule has 0 aromatic rings. The molecule has 0 fully saturated rings. The third-order valence-electron chi connectivity index (χ3n) is 2.52. The summed E-state index contributed by atoms with van der Waals surface area (Å²) in [5, 5.41) is 5.84. The highest BCUT2D eigenvalue weighted by Crippen LogP contribution is 2.15. The standard InChI is InChI=1S/C13H28N2O3S/c1-12(2,3)15-11(16)7-8-14-9-10-19(17,18)13(4,5)6/h14H,7-10H2,1-6H3,(H,15,16). The molecule has 0 unspecified atom stereocenters. The number of hydrogen-bond acceptors (Lipinski definition) is 4. The number of rotatable bonds is 6. The molecule has 0 aliphatic rings. The summed E-state index contributed by atoms with van der Waals surface area (Å²) < 4.78 is 22.9. The summed E-state index contributed by atoms with van der Waals surface area (Å²) in [7, 11) is -3.09. The van der Waals surface area contributed by atoms with Crippen molar-refractivity contribution in [3.63, 3.8) is 0 Å². The maximum Gasteiger partial charge on any atom is 0.221 e. The van der Waals surface area contributed by atoms with Crippen LogP contribution < -0.4 is 10.6 Å². The molecule has 0 aromatic carbocycles. The van der Waals surface area contributed by atoms with E-state index in [0.29, 0.717) is 19.5 Å². The summed E-state index contributed by atoms with van der Waals surface area (Å²) >= 11 is 0. The number of carbonyl (C=O) groups is 1. The van der Waals surface area contributed by atoms with Crippen LogP contribution in [-0.2, 0) is 14.6 Å². The van der Waals surface area contributed by atoms with Crippen LogP contribution in [0.25, 0.3) is 0 Å². The van der Waals surface area contributed by atoms with Gasteiger partial charge in [0.15, 0.2) is 9.84 Å². The normalized spacial score (nSPS) is 13.4. The Morgan fingerprint density at radius 3 is 1.95 bits per heavy atom. The van der Waals surface area contributed by atoms with Crippen LogP contribution in [0.5, 0.6) is 0 Å². The molecule has 0 rings (SSSR count). The van der Waals surface area contributed by atoms with Crippen LogP contribution in [-0.4, -0.2) is 43.5 Å². The second kappa shape index (κ2) is 6.70. The molecule has 0 spiro atoms. The lowest BCUT2D eigenvalue weighted by Crippen LogP contribution is -2.42. The van der Waals surface area contributed by atoms with Gasteiger partial charge in [-0.1, -0.05) is 0 Å². The van der Waals surface area contributed by atoms with E-state index in [1.807, 2.05) is 20.8 Å². The number of sulfone groups is 1. The number of carbonyl (C=O) groups excluding carboxylic acids is 1. The highest BCUT2D eigenvalue weighted by atomic mass is 32.2. The fraction of sp³-hybridized carbons (Fsp3) is 0.923. The lowest BCUT2D eigenvalue weighted by atomic mass is 10.1. The topological polar surface area (TPSA) is 75.3 Å². The minimum Gasteiger partial charge on any atom is -0.351 e. The van der Waals surface area contributed by atoms with Crippen molar-refractivity contribution in [2.24, 2.45) is 0 Å². The molecule has 0 saturated heterocycles. The molecule has 1 amide bonds. The molecule has 2 N–H and O–H groups in total. The van der Waals surface area contributed by atoms with E-state index in [0.717, 1.165) is 0 Å². The van der Waals surface area contributed by atoms with Crippen molar-refractivity contribution in [1.82, 2.24) is 10.6 Å². The number of hydrogen-bond donors (Lipinski definition) is 2. The van der Waals surface area contributed by atoms with Gasteiger partial charge in [0.25, 0.3) is 0 Å². The van der Waals surface area contributed by atoms with Crippen LogP contribution in [0.4, 0.5) is 0 Å². The summed E-state index contributed by atoms with van der Waals surface area (Å²) in [6.45, 7) is 11.7. The van der Waals surface area contributed by atoms with Crippen molar-refractivity contribution in [2.45, 2.75) is 58.2 Å². The smallest absolute Gasteiger partial charge is 0.221 e. The van der Waals surface area contributed by atoms with E-state index in [4.69, 9.17) is 0 Å². The predicted molar refractivity (Wildman–Crippen MR) is 78.9 cm³/mol. The minimum atomic E-state index is -3.09. The van der Waals surface area contributed by atoms with Crippen LogP contribution in [0.15, 0.2) is 0 Å². The lowest BCUT2D eigenvalue weighted by Gasteiger charge is -2.21. The Morgan fingerprint density at radius 2 is 1.53 bits per heavy atom. The second-order valence-corrected chi connectivity index (χ2v) is 9.59. The van der Waals surface area contributed by atoms with Crippen LogP contribution in [0.1, 0.15) is 48.0 Å². The minimum absolute atomic E-state index is 0.0290. The number of amides is 1. The zero-order chi connectivity index (χ0) is 15.3. The SMILES string of the molecule is CC(C)(C)NC(=O)CCNCCS(=O)(=O)C(C)(C)C. The van der Waals surface area contributed by atoms with E-state index in [1.165, 1.54) is 0 Å². The predicted octanol–water partition coefficient (Wildman–Crippen LogP) is 1.09. The van der Waals surface area contributed by atoms with E-state index in [2.05, 4.69) is 10.6 Å². The highest BCUT2D eigenvalue weighted by molar-refractivity contribution is 7.92. The number of nitrogens with one attached hydrogen (secondary N) is 2. The van der Waals surface area contributed by atoms with Gasteiger partial charge in [-0.25, -0.2) is 8.42 Å². The van der Waals surface area contributed by atoms with Crippen molar-refractivity contribution in [3.8, 4) is 0 Å². The summed E-state index contributed by atoms with van der Waals surface area (Å²) in [6.07, 6.45) is 0.354. The molecular formula is C13H28N2O3S. The van der Waals surface area contributed by atoms with Gasteiger partial charge in [-0.3, -0.25) is 4.79 Å². The molecule has 0 aromatic heterocycles. The van der Waals surface area contributed by atoms with E-state index >= 15 is 0 Å². The summed E-state index contributed by atoms with van der Waals surface area (Å²) in [5.74, 6) is 0.0656. The molecule has 0 heterocycles. The first-order valence-corrected chi connectivity index (χ1v) is 8.24. The van der Waals surface area contributed by atoms with E-state index < -0.39 is 14.6 Å². The summed E-state index contributed by atoms with van der Waals surface area (Å²) in [4.78, 5) is 11.5. The molecule has 0 saturated carbocycles. The van der Waals surface area contributed by atoms with Gasteiger partial charge >= 0.3 is 0 Å². The van der Waals surface area contributed by atoms with E-state index in [-0.39, 0.29) is 17.2 Å². The van der Waals surface area contributed by atoms with Gasteiger partial charge in [0.1, 0.15) is 0 Å². The van der Waals surface area contributed by atoms with E-state index in [9.17, 15) is 13.2 Å². The zero-order valence-electron chi connectivity index (χ0n) is 13.0. The lowest BCUT2D eigenvalue weighted by molar-refractivity contribution is -0.122.